The predicted octanol–water partition coefficient (Wildman–Crippen LogP) is 1.05. The monoisotopic (exact) mass is 167 g/mol. The first-order valence-corrected chi connectivity index (χ1v) is 4.52. The number of aromatic nitrogens is 2. The van der Waals surface area contributed by atoms with Crippen LogP contribution in [0.4, 0.5) is 0 Å². The van der Waals surface area contributed by atoms with Gasteiger partial charge in [-0.3, -0.25) is 0 Å². The molecular weight excluding hydrogens is 150 g/mol. The van der Waals surface area contributed by atoms with Crippen molar-refractivity contribution in [2.75, 3.05) is 13.6 Å². The first-order chi connectivity index (χ1) is 5.88. The molecule has 0 bridgehead atoms. The standard InChI is InChI=1S/C9H17N3/c1-3-9-7-11-8-12(9)6-4-5-10-2/h7-8,10H,3-6H2,1-2H3. The fourth-order valence-electron chi connectivity index (χ4n) is 1.27. The summed E-state index contributed by atoms with van der Waals surface area (Å²) >= 11 is 0. The summed E-state index contributed by atoms with van der Waals surface area (Å²) in [7, 11) is 1.98. The Morgan fingerprint density at radius 3 is 3.08 bits per heavy atom. The second-order valence-corrected chi connectivity index (χ2v) is 2.89. The Hall–Kier alpha value is -0.830. The van der Waals surface area contributed by atoms with E-state index in [0.717, 1.165) is 19.5 Å². The molecule has 0 radical (unpaired) electrons. The van der Waals surface area contributed by atoms with Gasteiger partial charge in [0.15, 0.2) is 0 Å². The zero-order valence-corrected chi connectivity index (χ0v) is 7.88. The summed E-state index contributed by atoms with van der Waals surface area (Å²) in [6.07, 6.45) is 6.09. The maximum absolute atomic E-state index is 4.11. The van der Waals surface area contributed by atoms with Gasteiger partial charge in [0.25, 0.3) is 0 Å². The summed E-state index contributed by atoms with van der Waals surface area (Å²) in [6.45, 7) is 4.30. The van der Waals surface area contributed by atoms with Crippen LogP contribution in [0.1, 0.15) is 19.0 Å². The van der Waals surface area contributed by atoms with E-state index < -0.39 is 0 Å². The molecule has 0 atom stereocenters. The van der Waals surface area contributed by atoms with Gasteiger partial charge < -0.3 is 9.88 Å². The second kappa shape index (κ2) is 4.93. The topological polar surface area (TPSA) is 29.9 Å². The van der Waals surface area contributed by atoms with Crippen LogP contribution >= 0.6 is 0 Å². The molecule has 0 saturated heterocycles. The maximum atomic E-state index is 4.11. The molecule has 0 amide bonds. The van der Waals surface area contributed by atoms with E-state index in [1.54, 1.807) is 0 Å². The zero-order valence-electron chi connectivity index (χ0n) is 7.88. The Kier molecular flexibility index (Phi) is 3.80. The molecule has 12 heavy (non-hydrogen) atoms. The van der Waals surface area contributed by atoms with Gasteiger partial charge in [0, 0.05) is 18.4 Å². The summed E-state index contributed by atoms with van der Waals surface area (Å²) in [5.74, 6) is 0. The molecule has 0 spiro atoms. The molecule has 0 aliphatic carbocycles. The average molecular weight is 167 g/mol. The van der Waals surface area contributed by atoms with Crippen LogP contribution in [-0.4, -0.2) is 23.1 Å². The van der Waals surface area contributed by atoms with Crippen LogP contribution in [0.3, 0.4) is 0 Å². The largest absolute Gasteiger partial charge is 0.335 e. The molecule has 0 unspecified atom stereocenters. The van der Waals surface area contributed by atoms with E-state index in [4.69, 9.17) is 0 Å². The zero-order chi connectivity index (χ0) is 8.81. The van der Waals surface area contributed by atoms with Crippen molar-refractivity contribution in [2.24, 2.45) is 0 Å². The summed E-state index contributed by atoms with van der Waals surface area (Å²) in [5, 5.41) is 3.13. The van der Waals surface area contributed by atoms with Crippen LogP contribution in [0.5, 0.6) is 0 Å². The third kappa shape index (κ3) is 2.34. The van der Waals surface area contributed by atoms with Crippen LogP contribution in [0.15, 0.2) is 12.5 Å². The number of nitrogens with one attached hydrogen (secondary N) is 1. The van der Waals surface area contributed by atoms with E-state index in [-0.39, 0.29) is 0 Å². The second-order valence-electron chi connectivity index (χ2n) is 2.89. The van der Waals surface area contributed by atoms with E-state index in [0.29, 0.717) is 0 Å². The van der Waals surface area contributed by atoms with Crippen LogP contribution in [0.25, 0.3) is 0 Å². The lowest BCUT2D eigenvalue weighted by Gasteiger charge is -2.05. The van der Waals surface area contributed by atoms with Crippen molar-refractivity contribution in [1.29, 1.82) is 0 Å². The Bertz CT molecular complexity index is 217. The van der Waals surface area contributed by atoms with E-state index in [1.807, 2.05) is 19.6 Å². The highest BCUT2D eigenvalue weighted by Gasteiger charge is 1.97. The van der Waals surface area contributed by atoms with Crippen molar-refractivity contribution in [1.82, 2.24) is 14.9 Å². The minimum Gasteiger partial charge on any atom is -0.335 e. The Morgan fingerprint density at radius 2 is 2.42 bits per heavy atom. The van der Waals surface area contributed by atoms with Crippen LogP contribution in [0.2, 0.25) is 0 Å². The summed E-state index contributed by atoms with van der Waals surface area (Å²) in [4.78, 5) is 4.11. The third-order valence-electron chi connectivity index (χ3n) is 1.99. The van der Waals surface area contributed by atoms with E-state index in [1.165, 1.54) is 12.1 Å². The average Bonchev–Trinajstić information content (AvgIpc) is 2.52. The molecule has 0 aromatic carbocycles. The van der Waals surface area contributed by atoms with Gasteiger partial charge in [-0.25, -0.2) is 4.98 Å². The highest BCUT2D eigenvalue weighted by Crippen LogP contribution is 2.00. The number of nitrogens with zero attached hydrogens (tertiary/aromatic N) is 2. The van der Waals surface area contributed by atoms with E-state index in [9.17, 15) is 0 Å². The van der Waals surface area contributed by atoms with Gasteiger partial charge in [-0.1, -0.05) is 6.92 Å². The van der Waals surface area contributed by atoms with Gasteiger partial charge in [0.2, 0.25) is 0 Å². The van der Waals surface area contributed by atoms with E-state index >= 15 is 0 Å². The van der Waals surface area contributed by atoms with Gasteiger partial charge in [-0.05, 0) is 26.4 Å². The molecule has 68 valence electrons. The SMILES string of the molecule is CCc1cncn1CCCNC. The molecule has 0 aliphatic rings. The Morgan fingerprint density at radius 1 is 1.58 bits per heavy atom. The van der Waals surface area contributed by atoms with Crippen molar-refractivity contribution < 1.29 is 0 Å². The van der Waals surface area contributed by atoms with Crippen LogP contribution < -0.4 is 5.32 Å². The number of imidazole rings is 1. The van der Waals surface area contributed by atoms with Crippen molar-refractivity contribution >= 4 is 0 Å². The molecule has 1 aromatic heterocycles. The molecule has 3 heteroatoms. The van der Waals surface area contributed by atoms with Crippen LogP contribution in [-0.2, 0) is 13.0 Å². The highest BCUT2D eigenvalue weighted by molar-refractivity contribution is 4.97. The quantitative estimate of drug-likeness (QED) is 0.664. The normalized spacial score (nSPS) is 10.5. The number of rotatable bonds is 5. The van der Waals surface area contributed by atoms with Crippen molar-refractivity contribution in [3.8, 4) is 0 Å². The highest BCUT2D eigenvalue weighted by atomic mass is 15.0. The number of hydrogen-bond acceptors (Lipinski definition) is 2. The van der Waals surface area contributed by atoms with E-state index in [2.05, 4.69) is 21.8 Å². The molecule has 3 nitrogen and oxygen atoms in total. The smallest absolute Gasteiger partial charge is 0.0948 e. The lowest BCUT2D eigenvalue weighted by Crippen LogP contribution is -2.11. The van der Waals surface area contributed by atoms with Gasteiger partial charge in [-0.15, -0.1) is 0 Å². The molecular formula is C9H17N3. The minimum atomic E-state index is 1.07. The number of hydrogen-bond donors (Lipinski definition) is 1. The van der Waals surface area contributed by atoms with Crippen LogP contribution in [0, 0.1) is 0 Å². The predicted molar refractivity (Wildman–Crippen MR) is 50.1 cm³/mol. The lowest BCUT2D eigenvalue weighted by atomic mass is 10.3. The summed E-state index contributed by atoms with van der Waals surface area (Å²) in [6, 6.07) is 0. The van der Waals surface area contributed by atoms with Gasteiger partial charge in [-0.2, -0.15) is 0 Å². The molecule has 1 rings (SSSR count). The maximum Gasteiger partial charge on any atom is 0.0948 e. The van der Waals surface area contributed by atoms with Gasteiger partial charge >= 0.3 is 0 Å². The molecule has 1 aromatic rings. The summed E-state index contributed by atoms with van der Waals surface area (Å²) in [5.41, 5.74) is 1.33. The fourth-order valence-corrected chi connectivity index (χ4v) is 1.27. The van der Waals surface area contributed by atoms with Gasteiger partial charge in [0.1, 0.15) is 0 Å². The van der Waals surface area contributed by atoms with Crippen molar-refractivity contribution in [3.05, 3.63) is 18.2 Å². The molecule has 1 heterocycles. The molecule has 0 aliphatic heterocycles. The number of aryl methyl sites for hydroxylation is 2. The van der Waals surface area contributed by atoms with Crippen molar-refractivity contribution in [3.63, 3.8) is 0 Å². The lowest BCUT2D eigenvalue weighted by molar-refractivity contribution is 0.596. The molecule has 0 saturated carbocycles. The van der Waals surface area contributed by atoms with Crippen molar-refractivity contribution in [2.45, 2.75) is 26.3 Å². The first-order valence-electron chi connectivity index (χ1n) is 4.52. The Balaban J connectivity index is 2.39. The summed E-state index contributed by atoms with van der Waals surface area (Å²) < 4.78 is 2.22. The molecule has 1 N–H and O–H groups in total. The van der Waals surface area contributed by atoms with Gasteiger partial charge in [0.05, 0.1) is 6.33 Å². The minimum absolute atomic E-state index is 1.07. The third-order valence-corrected chi connectivity index (χ3v) is 1.99. The first kappa shape index (κ1) is 9.26. The Labute approximate surface area is 73.8 Å². The molecule has 0 fully saturated rings. The fraction of sp³-hybridized carbons (Fsp3) is 0.667.